The first kappa shape index (κ1) is 15.3. The van der Waals surface area contributed by atoms with E-state index in [4.69, 9.17) is 0 Å². The molecular formula is C20H18N4O. The van der Waals surface area contributed by atoms with Crippen molar-refractivity contribution in [3.63, 3.8) is 0 Å². The van der Waals surface area contributed by atoms with Gasteiger partial charge in [0.1, 0.15) is 0 Å². The van der Waals surface area contributed by atoms with Gasteiger partial charge in [-0.05, 0) is 42.5 Å². The molecule has 0 aliphatic rings. The van der Waals surface area contributed by atoms with Crippen LogP contribution in [0, 0.1) is 13.8 Å². The number of H-pyrrole nitrogens is 1. The van der Waals surface area contributed by atoms with Gasteiger partial charge in [0.25, 0.3) is 0 Å². The lowest BCUT2D eigenvalue weighted by molar-refractivity contribution is 0.840. The van der Waals surface area contributed by atoms with Gasteiger partial charge in [-0.25, -0.2) is 9.78 Å². The Hall–Kier alpha value is -3.21. The summed E-state index contributed by atoms with van der Waals surface area (Å²) in [4.78, 5) is 18.6. The molecule has 0 bridgehead atoms. The number of aryl methyl sites for hydroxylation is 2. The molecule has 0 unspecified atom stereocenters. The van der Waals surface area contributed by atoms with Crippen molar-refractivity contribution in [1.82, 2.24) is 19.6 Å². The zero-order valence-electron chi connectivity index (χ0n) is 14.2. The predicted octanol–water partition coefficient (Wildman–Crippen LogP) is 3.29. The number of fused-ring (bicyclic) bond motifs is 1. The summed E-state index contributed by atoms with van der Waals surface area (Å²) < 4.78 is 1.28. The Balaban J connectivity index is 1.72. The van der Waals surface area contributed by atoms with Crippen molar-refractivity contribution in [3.05, 3.63) is 87.7 Å². The first-order valence-corrected chi connectivity index (χ1v) is 8.19. The Bertz CT molecular complexity index is 1120. The molecule has 0 aliphatic heterocycles. The molecule has 1 N–H and O–H groups in total. The second-order valence-electron chi connectivity index (χ2n) is 6.31. The standard InChI is InChI=1S/C20H18N4O/c1-13-4-3-5-15(8-13)10-16-6-7-17(9-14(16)2)18-11-23-24-19(18)21-12-22-20(24)25/h3-9,11-12H,10H2,1-2H3,(H,21,22,25). The van der Waals surface area contributed by atoms with Crippen LogP contribution in [-0.4, -0.2) is 19.6 Å². The Morgan fingerprint density at radius 2 is 2.00 bits per heavy atom. The van der Waals surface area contributed by atoms with E-state index in [0.717, 1.165) is 17.5 Å². The van der Waals surface area contributed by atoms with Crippen molar-refractivity contribution in [2.45, 2.75) is 20.3 Å². The van der Waals surface area contributed by atoms with E-state index in [2.05, 4.69) is 71.4 Å². The Morgan fingerprint density at radius 1 is 1.12 bits per heavy atom. The fourth-order valence-corrected chi connectivity index (χ4v) is 3.13. The van der Waals surface area contributed by atoms with E-state index < -0.39 is 0 Å². The summed E-state index contributed by atoms with van der Waals surface area (Å²) in [5, 5.41) is 4.13. The Labute approximate surface area is 145 Å². The van der Waals surface area contributed by atoms with Gasteiger partial charge in [-0.3, -0.25) is 4.98 Å². The molecule has 5 heteroatoms. The minimum atomic E-state index is -0.288. The molecule has 0 atom stereocenters. The van der Waals surface area contributed by atoms with Crippen LogP contribution >= 0.6 is 0 Å². The number of aromatic nitrogens is 4. The second-order valence-corrected chi connectivity index (χ2v) is 6.31. The van der Waals surface area contributed by atoms with Crippen molar-refractivity contribution in [2.75, 3.05) is 0 Å². The molecule has 0 fully saturated rings. The van der Waals surface area contributed by atoms with Crippen LogP contribution in [-0.2, 0) is 6.42 Å². The van der Waals surface area contributed by atoms with Crippen molar-refractivity contribution in [2.24, 2.45) is 0 Å². The van der Waals surface area contributed by atoms with Crippen molar-refractivity contribution in [3.8, 4) is 11.1 Å². The van der Waals surface area contributed by atoms with Crippen molar-refractivity contribution in [1.29, 1.82) is 0 Å². The van der Waals surface area contributed by atoms with Gasteiger partial charge in [-0.2, -0.15) is 9.61 Å². The van der Waals surface area contributed by atoms with Gasteiger partial charge in [0.2, 0.25) is 0 Å². The van der Waals surface area contributed by atoms with Crippen LogP contribution in [0.1, 0.15) is 22.3 Å². The number of hydrogen-bond donors (Lipinski definition) is 1. The predicted molar refractivity (Wildman–Crippen MR) is 97.8 cm³/mol. The van der Waals surface area contributed by atoms with E-state index in [1.807, 2.05) is 0 Å². The molecule has 124 valence electrons. The zero-order chi connectivity index (χ0) is 17.4. The minimum Gasteiger partial charge on any atom is -0.296 e. The summed E-state index contributed by atoms with van der Waals surface area (Å²) in [7, 11) is 0. The van der Waals surface area contributed by atoms with Gasteiger partial charge in [-0.1, -0.05) is 48.0 Å². The third-order valence-electron chi connectivity index (χ3n) is 4.44. The maximum absolute atomic E-state index is 11.8. The van der Waals surface area contributed by atoms with Crippen LogP contribution in [0.15, 0.2) is 59.8 Å². The van der Waals surface area contributed by atoms with E-state index in [1.165, 1.54) is 33.1 Å². The smallest absolute Gasteiger partial charge is 0.296 e. The normalized spacial score (nSPS) is 11.1. The maximum atomic E-state index is 11.8. The van der Waals surface area contributed by atoms with Crippen LogP contribution in [0.2, 0.25) is 0 Å². The van der Waals surface area contributed by atoms with Gasteiger partial charge < -0.3 is 0 Å². The fraction of sp³-hybridized carbons (Fsp3) is 0.150. The third kappa shape index (κ3) is 2.85. The summed E-state index contributed by atoms with van der Waals surface area (Å²) in [6.07, 6.45) is 3.99. The Kier molecular flexibility index (Phi) is 3.69. The van der Waals surface area contributed by atoms with Crippen LogP contribution in [0.5, 0.6) is 0 Å². The highest BCUT2D eigenvalue weighted by Gasteiger charge is 2.11. The average Bonchev–Trinajstić information content (AvgIpc) is 3.02. The quantitative estimate of drug-likeness (QED) is 0.627. The molecule has 4 rings (SSSR count). The molecule has 5 nitrogen and oxygen atoms in total. The monoisotopic (exact) mass is 330 g/mol. The molecular weight excluding hydrogens is 312 g/mol. The molecule has 2 heterocycles. The number of hydrogen-bond acceptors (Lipinski definition) is 3. The number of rotatable bonds is 3. The number of benzene rings is 2. The van der Waals surface area contributed by atoms with Crippen molar-refractivity contribution < 1.29 is 0 Å². The first-order chi connectivity index (χ1) is 12.1. The molecule has 0 aliphatic carbocycles. The SMILES string of the molecule is Cc1cccc(Cc2ccc(-c3cnn4c(=O)[nH]cnc34)cc2C)c1. The van der Waals surface area contributed by atoms with Gasteiger partial charge >= 0.3 is 5.69 Å². The van der Waals surface area contributed by atoms with Crippen molar-refractivity contribution >= 4 is 5.65 Å². The summed E-state index contributed by atoms with van der Waals surface area (Å²) in [6, 6.07) is 14.9. The third-order valence-corrected chi connectivity index (χ3v) is 4.44. The van der Waals surface area contributed by atoms with Crippen LogP contribution in [0.25, 0.3) is 16.8 Å². The minimum absolute atomic E-state index is 0.288. The number of nitrogens with one attached hydrogen (secondary N) is 1. The van der Waals surface area contributed by atoms with E-state index in [-0.39, 0.29) is 5.69 Å². The van der Waals surface area contributed by atoms with Crippen LogP contribution in [0.4, 0.5) is 0 Å². The summed E-state index contributed by atoms with van der Waals surface area (Å²) in [6.45, 7) is 4.22. The first-order valence-electron chi connectivity index (χ1n) is 8.19. The lowest BCUT2D eigenvalue weighted by Gasteiger charge is -2.09. The van der Waals surface area contributed by atoms with Gasteiger partial charge in [0.15, 0.2) is 5.65 Å². The summed E-state index contributed by atoms with van der Waals surface area (Å²) in [5.74, 6) is 0. The van der Waals surface area contributed by atoms with E-state index in [1.54, 1.807) is 6.20 Å². The highest BCUT2D eigenvalue weighted by molar-refractivity contribution is 5.77. The highest BCUT2D eigenvalue weighted by atomic mass is 16.1. The lowest BCUT2D eigenvalue weighted by Crippen LogP contribution is -2.17. The fourth-order valence-electron chi connectivity index (χ4n) is 3.13. The average molecular weight is 330 g/mol. The summed E-state index contributed by atoms with van der Waals surface area (Å²) >= 11 is 0. The zero-order valence-corrected chi connectivity index (χ0v) is 14.2. The number of nitrogens with zero attached hydrogens (tertiary/aromatic N) is 3. The molecule has 0 radical (unpaired) electrons. The Morgan fingerprint density at radius 3 is 2.80 bits per heavy atom. The maximum Gasteiger partial charge on any atom is 0.349 e. The molecule has 2 aromatic heterocycles. The lowest BCUT2D eigenvalue weighted by atomic mass is 9.96. The van der Waals surface area contributed by atoms with E-state index in [0.29, 0.717) is 5.65 Å². The molecule has 2 aromatic carbocycles. The van der Waals surface area contributed by atoms with E-state index in [9.17, 15) is 4.79 Å². The number of aromatic amines is 1. The van der Waals surface area contributed by atoms with E-state index >= 15 is 0 Å². The van der Waals surface area contributed by atoms with Crippen LogP contribution in [0.3, 0.4) is 0 Å². The van der Waals surface area contributed by atoms with Gasteiger partial charge in [0.05, 0.1) is 12.5 Å². The largest absolute Gasteiger partial charge is 0.349 e. The molecule has 4 aromatic rings. The topological polar surface area (TPSA) is 63.1 Å². The molecule has 0 spiro atoms. The van der Waals surface area contributed by atoms with Gasteiger partial charge in [-0.15, -0.1) is 0 Å². The molecule has 0 saturated carbocycles. The second kappa shape index (κ2) is 6.02. The highest BCUT2D eigenvalue weighted by Crippen LogP contribution is 2.26. The molecule has 25 heavy (non-hydrogen) atoms. The molecule has 0 amide bonds. The van der Waals surface area contributed by atoms with Crippen LogP contribution < -0.4 is 5.69 Å². The van der Waals surface area contributed by atoms with Gasteiger partial charge in [0, 0.05) is 5.56 Å². The molecule has 0 saturated heterocycles. The summed E-state index contributed by atoms with van der Waals surface area (Å²) in [5.41, 5.74) is 7.22.